The van der Waals surface area contributed by atoms with Crippen molar-refractivity contribution in [1.29, 1.82) is 0 Å². The molecule has 4 atom stereocenters. The van der Waals surface area contributed by atoms with Crippen LogP contribution in [0.4, 0.5) is 0 Å². The van der Waals surface area contributed by atoms with Crippen LogP contribution in [0, 0.1) is 0 Å². The maximum absolute atomic E-state index is 12.5. The van der Waals surface area contributed by atoms with Crippen molar-refractivity contribution in [1.82, 2.24) is 0 Å². The highest BCUT2D eigenvalue weighted by Crippen LogP contribution is 2.25. The van der Waals surface area contributed by atoms with Crippen LogP contribution in [0.1, 0.15) is 20.7 Å². The number of aliphatic hydroxyl groups is 1. The lowest BCUT2D eigenvalue weighted by molar-refractivity contribution is -0.246. The molecule has 0 bridgehead atoms. The second kappa shape index (κ2) is 9.35. The van der Waals surface area contributed by atoms with Crippen LogP contribution >= 0.6 is 0 Å². The SMILES string of the molecule is CS(=O)(=O)O[C@@H]1CO[C@H](O)[C@@H](OC(=O)c2ccccc2)[C@@H]1OC(=O)c1ccccc1. The number of rotatable bonds is 6. The van der Waals surface area contributed by atoms with Crippen molar-refractivity contribution in [2.24, 2.45) is 0 Å². The minimum atomic E-state index is -3.97. The monoisotopic (exact) mass is 436 g/mol. The second-order valence-corrected chi connectivity index (χ2v) is 8.14. The Morgan fingerprint density at radius 1 is 0.900 bits per heavy atom. The van der Waals surface area contributed by atoms with Gasteiger partial charge in [-0.1, -0.05) is 36.4 Å². The molecule has 160 valence electrons. The lowest BCUT2D eigenvalue weighted by Crippen LogP contribution is -2.57. The van der Waals surface area contributed by atoms with E-state index in [0.717, 1.165) is 6.26 Å². The molecule has 1 fully saturated rings. The summed E-state index contributed by atoms with van der Waals surface area (Å²) in [5.74, 6) is -1.62. The van der Waals surface area contributed by atoms with Crippen LogP contribution in [0.5, 0.6) is 0 Å². The molecule has 0 aromatic heterocycles. The number of hydrogen-bond donors (Lipinski definition) is 1. The summed E-state index contributed by atoms with van der Waals surface area (Å²) in [5, 5.41) is 10.2. The first kappa shape index (κ1) is 21.9. The van der Waals surface area contributed by atoms with E-state index in [1.807, 2.05) is 0 Å². The van der Waals surface area contributed by atoms with Crippen molar-refractivity contribution in [3.63, 3.8) is 0 Å². The van der Waals surface area contributed by atoms with Crippen molar-refractivity contribution in [2.75, 3.05) is 12.9 Å². The average Bonchev–Trinajstić information content (AvgIpc) is 2.72. The van der Waals surface area contributed by atoms with E-state index < -0.39 is 53.3 Å². The van der Waals surface area contributed by atoms with Gasteiger partial charge in [0.05, 0.1) is 24.0 Å². The highest BCUT2D eigenvalue weighted by Gasteiger charge is 2.47. The molecule has 30 heavy (non-hydrogen) atoms. The zero-order valence-corrected chi connectivity index (χ0v) is 16.7. The van der Waals surface area contributed by atoms with Gasteiger partial charge in [-0.2, -0.15) is 8.42 Å². The van der Waals surface area contributed by atoms with E-state index >= 15 is 0 Å². The second-order valence-electron chi connectivity index (χ2n) is 6.53. The van der Waals surface area contributed by atoms with Gasteiger partial charge in [-0.3, -0.25) is 4.18 Å². The van der Waals surface area contributed by atoms with Gasteiger partial charge in [0, 0.05) is 0 Å². The molecule has 0 saturated carbocycles. The first-order valence-corrected chi connectivity index (χ1v) is 10.8. The van der Waals surface area contributed by atoms with E-state index in [4.69, 9.17) is 18.4 Å². The van der Waals surface area contributed by atoms with Gasteiger partial charge in [0.15, 0.2) is 18.5 Å². The molecule has 2 aromatic rings. The summed E-state index contributed by atoms with van der Waals surface area (Å²) in [4.78, 5) is 25.0. The number of carbonyl (C=O) groups is 2. The maximum atomic E-state index is 12.5. The van der Waals surface area contributed by atoms with Gasteiger partial charge >= 0.3 is 11.9 Å². The topological polar surface area (TPSA) is 125 Å². The molecular formula is C20H20O9S. The van der Waals surface area contributed by atoms with Gasteiger partial charge in [-0.15, -0.1) is 0 Å². The predicted molar refractivity (Wildman–Crippen MR) is 103 cm³/mol. The van der Waals surface area contributed by atoms with Crippen LogP contribution in [-0.2, 0) is 28.5 Å². The molecule has 0 spiro atoms. The van der Waals surface area contributed by atoms with E-state index in [9.17, 15) is 23.1 Å². The molecule has 0 radical (unpaired) electrons. The highest BCUT2D eigenvalue weighted by molar-refractivity contribution is 7.86. The van der Waals surface area contributed by atoms with Crippen molar-refractivity contribution in [2.45, 2.75) is 24.6 Å². The lowest BCUT2D eigenvalue weighted by Gasteiger charge is -2.38. The van der Waals surface area contributed by atoms with Gasteiger partial charge in [0.2, 0.25) is 0 Å². The molecule has 3 rings (SSSR count). The fourth-order valence-corrected chi connectivity index (χ4v) is 3.48. The maximum Gasteiger partial charge on any atom is 0.338 e. The minimum Gasteiger partial charge on any atom is -0.452 e. The Bertz CT molecular complexity index is 976. The summed E-state index contributed by atoms with van der Waals surface area (Å²) in [5.41, 5.74) is 0.369. The van der Waals surface area contributed by atoms with Gasteiger partial charge in [0.1, 0.15) is 6.10 Å². The molecule has 10 heteroatoms. The lowest BCUT2D eigenvalue weighted by atomic mass is 10.0. The number of ether oxygens (including phenoxy) is 3. The van der Waals surface area contributed by atoms with Gasteiger partial charge < -0.3 is 19.3 Å². The van der Waals surface area contributed by atoms with Crippen molar-refractivity contribution in [3.05, 3.63) is 71.8 Å². The van der Waals surface area contributed by atoms with Crippen molar-refractivity contribution < 1.29 is 41.5 Å². The molecule has 9 nitrogen and oxygen atoms in total. The fourth-order valence-electron chi connectivity index (χ4n) is 2.86. The van der Waals surface area contributed by atoms with Crippen molar-refractivity contribution >= 4 is 22.1 Å². The number of hydrogen-bond acceptors (Lipinski definition) is 9. The van der Waals surface area contributed by atoms with Gasteiger partial charge in [-0.25, -0.2) is 9.59 Å². The quantitative estimate of drug-likeness (QED) is 0.524. The minimum absolute atomic E-state index is 0.184. The number of aliphatic hydroxyl groups excluding tert-OH is 1. The molecule has 1 heterocycles. The molecule has 0 aliphatic carbocycles. The summed E-state index contributed by atoms with van der Waals surface area (Å²) < 4.78 is 44.1. The largest absolute Gasteiger partial charge is 0.452 e. The Hall–Kier alpha value is -2.79. The normalized spacial score (nSPS) is 24.1. The highest BCUT2D eigenvalue weighted by atomic mass is 32.2. The van der Waals surface area contributed by atoms with Crippen LogP contribution < -0.4 is 0 Å². The van der Waals surface area contributed by atoms with Crippen LogP contribution in [-0.4, -0.2) is 62.9 Å². The first-order valence-electron chi connectivity index (χ1n) is 8.94. The Kier molecular flexibility index (Phi) is 6.83. The Morgan fingerprint density at radius 3 is 1.83 bits per heavy atom. The summed E-state index contributed by atoms with van der Waals surface area (Å²) in [6.45, 7) is -0.402. The van der Waals surface area contributed by atoms with Gasteiger partial charge in [0.25, 0.3) is 10.1 Å². The predicted octanol–water partition coefficient (Wildman–Crippen LogP) is 1.13. The third-order valence-electron chi connectivity index (χ3n) is 4.21. The summed E-state index contributed by atoms with van der Waals surface area (Å²) in [6.07, 6.45) is -5.14. The molecule has 1 N–H and O–H groups in total. The Morgan fingerprint density at radius 2 is 1.37 bits per heavy atom. The zero-order valence-electron chi connectivity index (χ0n) is 15.9. The molecule has 2 aromatic carbocycles. The molecular weight excluding hydrogens is 416 g/mol. The van der Waals surface area contributed by atoms with Crippen molar-refractivity contribution in [3.8, 4) is 0 Å². The molecule has 0 unspecified atom stereocenters. The number of benzene rings is 2. The number of esters is 2. The standard InChI is InChI=1S/C20H20O9S/c1-30(24,25)29-15-12-26-20(23)17(28-19(22)14-10-6-3-7-11-14)16(15)27-18(21)13-8-4-2-5-9-13/h2-11,15-17,20,23H,12H2,1H3/t15-,16-,17+,20+/m1/s1. The van der Waals surface area contributed by atoms with E-state index in [2.05, 4.69) is 0 Å². The third-order valence-corrected chi connectivity index (χ3v) is 4.80. The van der Waals surface area contributed by atoms with E-state index in [0.29, 0.717) is 0 Å². The molecule has 0 amide bonds. The first-order chi connectivity index (χ1) is 14.2. The summed E-state index contributed by atoms with van der Waals surface area (Å²) >= 11 is 0. The average molecular weight is 436 g/mol. The van der Waals surface area contributed by atoms with Crippen LogP contribution in [0.3, 0.4) is 0 Å². The zero-order chi connectivity index (χ0) is 21.7. The molecule has 1 aliphatic rings. The van der Waals surface area contributed by atoms with Gasteiger partial charge in [-0.05, 0) is 24.3 Å². The van der Waals surface area contributed by atoms with E-state index in [-0.39, 0.29) is 11.1 Å². The van der Waals surface area contributed by atoms with Crippen LogP contribution in [0.25, 0.3) is 0 Å². The van der Waals surface area contributed by atoms with E-state index in [1.165, 1.54) is 24.3 Å². The van der Waals surface area contributed by atoms with Crippen LogP contribution in [0.15, 0.2) is 60.7 Å². The fraction of sp³-hybridized carbons (Fsp3) is 0.300. The number of carbonyl (C=O) groups excluding carboxylic acids is 2. The summed E-state index contributed by atoms with van der Waals surface area (Å²) in [6, 6.07) is 15.9. The molecule has 1 saturated heterocycles. The van der Waals surface area contributed by atoms with E-state index in [1.54, 1.807) is 36.4 Å². The smallest absolute Gasteiger partial charge is 0.338 e. The third kappa shape index (κ3) is 5.63. The molecule has 1 aliphatic heterocycles. The van der Waals surface area contributed by atoms with Crippen LogP contribution in [0.2, 0.25) is 0 Å². The Balaban J connectivity index is 1.87. The summed E-state index contributed by atoms with van der Waals surface area (Å²) in [7, 11) is -3.97. The Labute approximate surface area is 173 Å².